The van der Waals surface area contributed by atoms with Crippen molar-refractivity contribution in [3.8, 4) is 11.4 Å². The number of aromatic nitrogens is 3. The minimum atomic E-state index is -0.272. The van der Waals surface area contributed by atoms with E-state index in [1.165, 1.54) is 23.2 Å². The second kappa shape index (κ2) is 8.83. The van der Waals surface area contributed by atoms with Crippen molar-refractivity contribution in [1.29, 1.82) is 0 Å². The van der Waals surface area contributed by atoms with Crippen molar-refractivity contribution < 1.29 is 4.39 Å². The van der Waals surface area contributed by atoms with Gasteiger partial charge in [-0.3, -0.25) is 0 Å². The Morgan fingerprint density at radius 3 is 2.58 bits per heavy atom. The number of nitrogens with zero attached hydrogens (tertiary/aromatic N) is 3. The molecule has 1 fully saturated rings. The zero-order chi connectivity index (χ0) is 22.9. The molecule has 0 saturated carbocycles. The van der Waals surface area contributed by atoms with Gasteiger partial charge in [0, 0.05) is 60.6 Å². The first-order valence-electron chi connectivity index (χ1n) is 11.5. The van der Waals surface area contributed by atoms with Crippen LogP contribution in [0.4, 0.5) is 21.6 Å². The molecule has 1 saturated heterocycles. The van der Waals surface area contributed by atoms with Crippen molar-refractivity contribution in [2.45, 2.75) is 26.7 Å². The number of rotatable bonds is 5. The van der Waals surface area contributed by atoms with E-state index < -0.39 is 0 Å². The van der Waals surface area contributed by atoms with Gasteiger partial charge in [0.1, 0.15) is 11.6 Å². The summed E-state index contributed by atoms with van der Waals surface area (Å²) in [4.78, 5) is 15.3. The van der Waals surface area contributed by atoms with Gasteiger partial charge < -0.3 is 20.5 Å². The Labute approximate surface area is 193 Å². The molecule has 0 aliphatic carbocycles. The Kier molecular flexibility index (Phi) is 5.72. The molecule has 3 N–H and O–H groups in total. The molecule has 5 rings (SSSR count). The highest BCUT2D eigenvalue weighted by atomic mass is 19.1. The molecule has 0 spiro atoms. The highest BCUT2D eigenvalue weighted by molar-refractivity contribution is 6.04. The van der Waals surface area contributed by atoms with Crippen LogP contribution in [0, 0.1) is 12.7 Å². The van der Waals surface area contributed by atoms with Gasteiger partial charge in [0.05, 0.1) is 11.4 Å². The second-order valence-electron chi connectivity index (χ2n) is 8.93. The number of nitrogens with one attached hydrogen (secondary N) is 3. The van der Waals surface area contributed by atoms with Crippen LogP contribution in [0.1, 0.15) is 30.9 Å². The molecule has 2 aromatic heterocycles. The predicted molar refractivity (Wildman–Crippen MR) is 133 cm³/mol. The average molecular weight is 445 g/mol. The van der Waals surface area contributed by atoms with Gasteiger partial charge in [-0.2, -0.15) is 0 Å². The third kappa shape index (κ3) is 4.28. The molecule has 33 heavy (non-hydrogen) atoms. The molecule has 1 aliphatic rings. The third-order valence-corrected chi connectivity index (χ3v) is 6.16. The molecule has 6 nitrogen and oxygen atoms in total. The standard InChI is InChI=1S/C26H29FN6/c1-16(2)20-14-30-25(18-4-6-19(27)7-5-18)32-26(20)31-22-13-17(3)12-21-24(22)23(15-29-21)33-10-8-28-9-11-33/h4-7,12-16,28-29H,8-11H2,1-3H3,(H,30,31,32). The highest BCUT2D eigenvalue weighted by Gasteiger charge is 2.19. The fourth-order valence-electron chi connectivity index (χ4n) is 4.43. The van der Waals surface area contributed by atoms with E-state index in [-0.39, 0.29) is 11.7 Å². The van der Waals surface area contributed by atoms with Crippen LogP contribution in [-0.4, -0.2) is 41.1 Å². The van der Waals surface area contributed by atoms with E-state index in [9.17, 15) is 4.39 Å². The van der Waals surface area contributed by atoms with Crippen molar-refractivity contribution >= 4 is 28.1 Å². The van der Waals surface area contributed by atoms with E-state index >= 15 is 0 Å². The van der Waals surface area contributed by atoms with Crippen LogP contribution in [0.3, 0.4) is 0 Å². The van der Waals surface area contributed by atoms with Gasteiger partial charge in [-0.15, -0.1) is 0 Å². The van der Waals surface area contributed by atoms with Crippen molar-refractivity contribution in [3.63, 3.8) is 0 Å². The van der Waals surface area contributed by atoms with Crippen molar-refractivity contribution in [2.75, 3.05) is 36.4 Å². The van der Waals surface area contributed by atoms with Crippen LogP contribution in [0.15, 0.2) is 48.8 Å². The third-order valence-electron chi connectivity index (χ3n) is 6.16. The molecule has 2 aromatic carbocycles. The van der Waals surface area contributed by atoms with Crippen molar-refractivity contribution in [1.82, 2.24) is 20.3 Å². The minimum Gasteiger partial charge on any atom is -0.367 e. The van der Waals surface area contributed by atoms with Gasteiger partial charge in [0.15, 0.2) is 5.82 Å². The summed E-state index contributed by atoms with van der Waals surface area (Å²) in [7, 11) is 0. The molecule has 170 valence electrons. The van der Waals surface area contributed by atoms with Crippen LogP contribution in [0.5, 0.6) is 0 Å². The summed E-state index contributed by atoms with van der Waals surface area (Å²) in [6, 6.07) is 10.6. The minimum absolute atomic E-state index is 0.244. The summed E-state index contributed by atoms with van der Waals surface area (Å²) in [5, 5.41) is 8.23. The summed E-state index contributed by atoms with van der Waals surface area (Å²) in [6.45, 7) is 10.3. The lowest BCUT2D eigenvalue weighted by Gasteiger charge is -2.29. The molecule has 0 bridgehead atoms. The van der Waals surface area contributed by atoms with Crippen LogP contribution in [-0.2, 0) is 0 Å². The number of halogens is 1. The molecule has 1 aliphatic heterocycles. The van der Waals surface area contributed by atoms with Crippen molar-refractivity contribution in [2.24, 2.45) is 0 Å². The number of benzene rings is 2. The van der Waals surface area contributed by atoms with E-state index in [0.717, 1.165) is 59.9 Å². The Morgan fingerprint density at radius 1 is 1.09 bits per heavy atom. The smallest absolute Gasteiger partial charge is 0.161 e. The first kappa shape index (κ1) is 21.4. The number of aromatic amines is 1. The van der Waals surface area contributed by atoms with E-state index in [0.29, 0.717) is 5.82 Å². The van der Waals surface area contributed by atoms with E-state index in [1.807, 2.05) is 6.20 Å². The van der Waals surface area contributed by atoms with Crippen LogP contribution < -0.4 is 15.5 Å². The SMILES string of the molecule is Cc1cc(Nc2nc(-c3ccc(F)cc3)ncc2C(C)C)c2c(N3CCNCC3)c[nH]c2c1. The monoisotopic (exact) mass is 444 g/mol. The van der Waals surface area contributed by atoms with E-state index in [4.69, 9.17) is 4.98 Å². The van der Waals surface area contributed by atoms with E-state index in [2.05, 4.69) is 64.6 Å². The Hall–Kier alpha value is -3.45. The number of anilines is 3. The van der Waals surface area contributed by atoms with Gasteiger partial charge in [-0.1, -0.05) is 13.8 Å². The molecule has 7 heteroatoms. The second-order valence-corrected chi connectivity index (χ2v) is 8.93. The molecule has 0 atom stereocenters. The lowest BCUT2D eigenvalue weighted by molar-refractivity contribution is 0.590. The largest absolute Gasteiger partial charge is 0.367 e. The zero-order valence-electron chi connectivity index (χ0n) is 19.2. The Bertz CT molecular complexity index is 1270. The van der Waals surface area contributed by atoms with Gasteiger partial charge in [-0.05, 0) is 54.8 Å². The number of piperazine rings is 1. The maximum atomic E-state index is 13.4. The van der Waals surface area contributed by atoms with Crippen molar-refractivity contribution in [3.05, 3.63) is 65.7 Å². The Balaban J connectivity index is 1.60. The molecule has 0 radical (unpaired) electrons. The lowest BCUT2D eigenvalue weighted by atomic mass is 10.0. The van der Waals surface area contributed by atoms with Gasteiger partial charge >= 0.3 is 0 Å². The first-order valence-corrected chi connectivity index (χ1v) is 11.5. The molecular formula is C26H29FN6. The fraction of sp³-hybridized carbons (Fsp3) is 0.308. The summed E-state index contributed by atoms with van der Waals surface area (Å²) in [5.41, 5.74) is 6.31. The maximum absolute atomic E-state index is 13.4. The summed E-state index contributed by atoms with van der Waals surface area (Å²) in [5.74, 6) is 1.32. The summed E-state index contributed by atoms with van der Waals surface area (Å²) >= 11 is 0. The quantitative estimate of drug-likeness (QED) is 0.387. The zero-order valence-corrected chi connectivity index (χ0v) is 19.2. The molecule has 0 unspecified atom stereocenters. The molecule has 0 amide bonds. The van der Waals surface area contributed by atoms with Gasteiger partial charge in [-0.25, -0.2) is 14.4 Å². The van der Waals surface area contributed by atoms with Gasteiger partial charge in [0.25, 0.3) is 0 Å². The number of fused-ring (bicyclic) bond motifs is 1. The normalized spacial score (nSPS) is 14.3. The van der Waals surface area contributed by atoms with Crippen LogP contribution >= 0.6 is 0 Å². The number of hydrogen-bond acceptors (Lipinski definition) is 5. The molecule has 4 aromatic rings. The van der Waals surface area contributed by atoms with Crippen LogP contribution in [0.2, 0.25) is 0 Å². The first-order chi connectivity index (χ1) is 16.0. The average Bonchev–Trinajstić information content (AvgIpc) is 3.24. The highest BCUT2D eigenvalue weighted by Crippen LogP contribution is 2.37. The van der Waals surface area contributed by atoms with Gasteiger partial charge in [0.2, 0.25) is 0 Å². The topological polar surface area (TPSA) is 68.9 Å². The Morgan fingerprint density at radius 2 is 1.85 bits per heavy atom. The lowest BCUT2D eigenvalue weighted by Crippen LogP contribution is -2.43. The van der Waals surface area contributed by atoms with Crippen LogP contribution in [0.25, 0.3) is 22.3 Å². The number of aryl methyl sites for hydroxylation is 1. The number of H-pyrrole nitrogens is 1. The summed E-state index contributed by atoms with van der Waals surface area (Å²) < 4.78 is 13.4. The summed E-state index contributed by atoms with van der Waals surface area (Å²) in [6.07, 6.45) is 3.98. The maximum Gasteiger partial charge on any atom is 0.161 e. The molecule has 3 heterocycles. The fourth-order valence-corrected chi connectivity index (χ4v) is 4.43. The predicted octanol–water partition coefficient (Wildman–Crippen LogP) is 5.35. The number of hydrogen-bond donors (Lipinski definition) is 3. The van der Waals surface area contributed by atoms with E-state index in [1.54, 1.807) is 12.1 Å². The molecular weight excluding hydrogens is 415 g/mol.